The monoisotopic (exact) mass is 391 g/mol. The van der Waals surface area contributed by atoms with E-state index < -0.39 is 22.8 Å². The van der Waals surface area contributed by atoms with Gasteiger partial charge in [0.1, 0.15) is 11.3 Å². The molecule has 1 unspecified atom stereocenters. The Morgan fingerprint density at radius 3 is 2.14 bits per heavy atom. The zero-order valence-electron chi connectivity index (χ0n) is 15.5. The third kappa shape index (κ3) is 4.47. The molecule has 3 aromatic carbocycles. The fraction of sp³-hybridized carbons (Fsp3) is 0.0909. The molecule has 29 heavy (non-hydrogen) atoms. The molecule has 0 saturated carbocycles. The maximum atomic E-state index is 13.0. The van der Waals surface area contributed by atoms with Gasteiger partial charge in [0, 0.05) is 23.3 Å². The van der Waals surface area contributed by atoms with Crippen LogP contribution in [0.1, 0.15) is 32.4 Å². The van der Waals surface area contributed by atoms with Crippen molar-refractivity contribution in [1.29, 1.82) is 0 Å². The molecule has 0 amide bonds. The average Bonchev–Trinajstić information content (AvgIpc) is 2.77. The number of carbonyl (C=O) groups is 2. The molecule has 7 nitrogen and oxygen atoms in total. The molecule has 0 heterocycles. The number of nitro groups is 1. The lowest BCUT2D eigenvalue weighted by molar-refractivity contribution is -0.384. The van der Waals surface area contributed by atoms with Gasteiger partial charge in [-0.2, -0.15) is 0 Å². The molecule has 0 radical (unpaired) electrons. The second kappa shape index (κ2) is 8.79. The molecule has 0 spiro atoms. The standard InChI is InChI=1S/C22H17NO6/c1-28-19-13-12-17(23(26)27)14-18(19)22(25)29-21(16-10-6-3-7-11-16)20(24)15-8-4-2-5-9-15/h2-14,21H,1H3. The number of methoxy groups -OCH3 is 1. The third-order valence-electron chi connectivity index (χ3n) is 4.24. The Kier molecular flexibility index (Phi) is 5.99. The number of hydrogen-bond donors (Lipinski definition) is 0. The Labute approximate surface area is 166 Å². The zero-order chi connectivity index (χ0) is 20.8. The van der Waals surface area contributed by atoms with E-state index in [1.54, 1.807) is 60.7 Å². The van der Waals surface area contributed by atoms with Gasteiger partial charge in [0.15, 0.2) is 6.10 Å². The number of benzene rings is 3. The van der Waals surface area contributed by atoms with E-state index >= 15 is 0 Å². The van der Waals surface area contributed by atoms with Gasteiger partial charge in [-0.05, 0) is 6.07 Å². The summed E-state index contributed by atoms with van der Waals surface area (Å²) in [6.45, 7) is 0. The number of ether oxygens (including phenoxy) is 2. The molecule has 3 rings (SSSR count). The summed E-state index contributed by atoms with van der Waals surface area (Å²) >= 11 is 0. The van der Waals surface area contributed by atoms with Gasteiger partial charge in [0.2, 0.25) is 5.78 Å². The van der Waals surface area contributed by atoms with E-state index in [4.69, 9.17) is 9.47 Å². The predicted octanol–water partition coefficient (Wildman–Crippen LogP) is 4.38. The summed E-state index contributed by atoms with van der Waals surface area (Å²) in [5, 5.41) is 11.1. The van der Waals surface area contributed by atoms with Crippen LogP contribution >= 0.6 is 0 Å². The van der Waals surface area contributed by atoms with Crippen molar-refractivity contribution in [2.24, 2.45) is 0 Å². The van der Waals surface area contributed by atoms with Crippen molar-refractivity contribution in [2.75, 3.05) is 7.11 Å². The molecule has 1 atom stereocenters. The Hall–Kier alpha value is -4.00. The number of Topliss-reactive ketones (excluding diaryl/α,β-unsaturated/α-hetero) is 1. The van der Waals surface area contributed by atoms with Gasteiger partial charge < -0.3 is 9.47 Å². The number of non-ortho nitro benzene ring substituents is 1. The van der Waals surface area contributed by atoms with E-state index in [0.29, 0.717) is 11.1 Å². The van der Waals surface area contributed by atoms with Crippen LogP contribution in [0.4, 0.5) is 5.69 Å². The molecule has 0 aromatic heterocycles. The van der Waals surface area contributed by atoms with Crippen molar-refractivity contribution in [3.8, 4) is 5.75 Å². The fourth-order valence-corrected chi connectivity index (χ4v) is 2.79. The van der Waals surface area contributed by atoms with Crippen molar-refractivity contribution < 1.29 is 24.0 Å². The number of hydrogen-bond acceptors (Lipinski definition) is 6. The lowest BCUT2D eigenvalue weighted by atomic mass is 9.99. The molecule has 7 heteroatoms. The second-order valence-electron chi connectivity index (χ2n) is 6.07. The minimum atomic E-state index is -1.21. The molecule has 3 aromatic rings. The predicted molar refractivity (Wildman–Crippen MR) is 105 cm³/mol. The average molecular weight is 391 g/mol. The molecular formula is C22H17NO6. The van der Waals surface area contributed by atoms with Gasteiger partial charge in [-0.1, -0.05) is 60.7 Å². The van der Waals surface area contributed by atoms with Crippen molar-refractivity contribution in [2.45, 2.75) is 6.10 Å². The van der Waals surface area contributed by atoms with Crippen LogP contribution in [0.2, 0.25) is 0 Å². The molecule has 0 fully saturated rings. The van der Waals surface area contributed by atoms with Crippen LogP contribution in [0.25, 0.3) is 0 Å². The highest BCUT2D eigenvalue weighted by Crippen LogP contribution is 2.29. The minimum Gasteiger partial charge on any atom is -0.496 e. The maximum Gasteiger partial charge on any atom is 0.343 e. The zero-order valence-corrected chi connectivity index (χ0v) is 15.5. The highest BCUT2D eigenvalue weighted by atomic mass is 16.6. The van der Waals surface area contributed by atoms with Gasteiger partial charge in [0.05, 0.1) is 12.0 Å². The Bertz CT molecular complexity index is 1030. The highest BCUT2D eigenvalue weighted by Gasteiger charge is 2.28. The Balaban J connectivity index is 1.98. The van der Waals surface area contributed by atoms with E-state index in [1.165, 1.54) is 19.2 Å². The minimum absolute atomic E-state index is 0.111. The summed E-state index contributed by atoms with van der Waals surface area (Å²) in [4.78, 5) is 36.3. The summed E-state index contributed by atoms with van der Waals surface area (Å²) in [6.07, 6.45) is -1.21. The first-order valence-corrected chi connectivity index (χ1v) is 8.69. The van der Waals surface area contributed by atoms with Crippen LogP contribution in [0.5, 0.6) is 5.75 Å². The summed E-state index contributed by atoms with van der Waals surface area (Å²) in [5.41, 5.74) is 0.436. The molecular weight excluding hydrogens is 374 g/mol. The van der Waals surface area contributed by atoms with E-state index in [9.17, 15) is 19.7 Å². The van der Waals surface area contributed by atoms with Crippen molar-refractivity contribution in [3.05, 3.63) is 106 Å². The number of nitro benzene ring substituents is 1. The van der Waals surface area contributed by atoms with Crippen molar-refractivity contribution >= 4 is 17.4 Å². The Morgan fingerprint density at radius 1 is 0.931 bits per heavy atom. The first kappa shape index (κ1) is 19.8. The second-order valence-corrected chi connectivity index (χ2v) is 6.07. The summed E-state index contributed by atoms with van der Waals surface area (Å²) in [5.74, 6) is -1.20. The summed E-state index contributed by atoms with van der Waals surface area (Å²) in [6, 6.07) is 20.6. The van der Waals surface area contributed by atoms with Gasteiger partial charge in [-0.15, -0.1) is 0 Å². The van der Waals surface area contributed by atoms with Crippen LogP contribution in [0.15, 0.2) is 78.9 Å². The fourth-order valence-electron chi connectivity index (χ4n) is 2.79. The normalized spacial score (nSPS) is 11.3. The quantitative estimate of drug-likeness (QED) is 0.257. The number of carbonyl (C=O) groups excluding carboxylic acids is 2. The van der Waals surface area contributed by atoms with Gasteiger partial charge >= 0.3 is 5.97 Å². The van der Waals surface area contributed by atoms with Crippen LogP contribution in [0.3, 0.4) is 0 Å². The van der Waals surface area contributed by atoms with E-state index in [0.717, 1.165) is 6.07 Å². The van der Waals surface area contributed by atoms with Gasteiger partial charge in [0.25, 0.3) is 5.69 Å². The molecule has 0 aliphatic rings. The van der Waals surface area contributed by atoms with Gasteiger partial charge in [-0.3, -0.25) is 14.9 Å². The van der Waals surface area contributed by atoms with Gasteiger partial charge in [-0.25, -0.2) is 4.79 Å². The number of ketones is 1. The Morgan fingerprint density at radius 2 is 1.55 bits per heavy atom. The van der Waals surface area contributed by atoms with E-state index in [1.807, 2.05) is 0 Å². The third-order valence-corrected chi connectivity index (χ3v) is 4.24. The maximum absolute atomic E-state index is 13.0. The smallest absolute Gasteiger partial charge is 0.343 e. The largest absolute Gasteiger partial charge is 0.496 e. The molecule has 146 valence electrons. The lowest BCUT2D eigenvalue weighted by Crippen LogP contribution is -2.20. The molecule has 0 aliphatic carbocycles. The number of rotatable bonds is 7. The van der Waals surface area contributed by atoms with Crippen molar-refractivity contribution in [1.82, 2.24) is 0 Å². The lowest BCUT2D eigenvalue weighted by Gasteiger charge is -2.18. The highest BCUT2D eigenvalue weighted by molar-refractivity contribution is 6.02. The van der Waals surface area contributed by atoms with Crippen LogP contribution in [0, 0.1) is 10.1 Å². The van der Waals surface area contributed by atoms with Crippen LogP contribution in [-0.2, 0) is 4.74 Å². The SMILES string of the molecule is COc1ccc([N+](=O)[O-])cc1C(=O)OC(C(=O)c1ccccc1)c1ccccc1. The van der Waals surface area contributed by atoms with Crippen LogP contribution in [-0.4, -0.2) is 23.8 Å². The molecule has 0 N–H and O–H groups in total. The van der Waals surface area contributed by atoms with E-state index in [-0.39, 0.29) is 17.0 Å². The first-order chi connectivity index (χ1) is 14.0. The first-order valence-electron chi connectivity index (χ1n) is 8.69. The number of esters is 1. The molecule has 0 aliphatic heterocycles. The summed E-state index contributed by atoms with van der Waals surface area (Å²) < 4.78 is 10.7. The van der Waals surface area contributed by atoms with E-state index in [2.05, 4.69) is 0 Å². The van der Waals surface area contributed by atoms with Crippen LogP contribution < -0.4 is 4.74 Å². The molecule has 0 saturated heterocycles. The summed E-state index contributed by atoms with van der Waals surface area (Å²) in [7, 11) is 1.34. The number of nitrogens with zero attached hydrogens (tertiary/aromatic N) is 1. The topological polar surface area (TPSA) is 95.7 Å². The molecule has 0 bridgehead atoms. The van der Waals surface area contributed by atoms with Crippen molar-refractivity contribution in [3.63, 3.8) is 0 Å².